The lowest BCUT2D eigenvalue weighted by Crippen LogP contribution is -2.10. The maximum atomic E-state index is 9.24. The summed E-state index contributed by atoms with van der Waals surface area (Å²) in [6.07, 6.45) is 0. The molecule has 0 aromatic rings. The zero-order chi connectivity index (χ0) is 17.4. The van der Waals surface area contributed by atoms with Crippen LogP contribution in [0.25, 0.3) is 0 Å². The normalized spacial score (nSPS) is 6.76. The molecule has 26 N–H and O–H groups in total. The Kier molecular flexibility index (Phi) is 86.1. The number of carboxylic acids is 3. The van der Waals surface area contributed by atoms with Crippen molar-refractivity contribution < 1.29 is 47.2 Å². The fourth-order valence-corrected chi connectivity index (χ4v) is 0. The average Bonchev–Trinajstić information content (AvgIpc) is 2.28. The third-order valence-corrected chi connectivity index (χ3v) is 0.524. The largest absolute Gasteiger partial charge is 0.480 e. The van der Waals surface area contributed by atoms with Crippen molar-refractivity contribution in [3.8, 4) is 0 Å². The van der Waals surface area contributed by atoms with E-state index >= 15 is 0 Å². The first-order chi connectivity index (χ1) is 8.81. The van der Waals surface area contributed by atoms with Gasteiger partial charge in [-0.1, -0.05) is 0 Å². The van der Waals surface area contributed by atoms with E-state index in [0.717, 1.165) is 0 Å². The molecule has 0 heterocycles. The Hall–Kier alpha value is -2.04. The second-order valence-electron chi connectivity index (χ2n) is 2.24. The lowest BCUT2D eigenvalue weighted by molar-refractivity contribution is -0.136. The van der Waals surface area contributed by atoms with Crippen molar-refractivity contribution in [3.05, 3.63) is 0 Å². The number of carbonyl (C=O) groups is 3. The first-order valence-corrected chi connectivity index (χ1v) is 5.66. The third-order valence-electron chi connectivity index (χ3n) is 0.524. The predicted molar refractivity (Wildman–Crippen MR) is 89.4 cm³/mol. The van der Waals surface area contributed by atoms with Gasteiger partial charge >= 0.3 is 28.3 Å². The molecule has 25 heavy (non-hydrogen) atoms. The summed E-state index contributed by atoms with van der Waals surface area (Å²) >= 11 is 0. The molecule has 0 aromatic heterocycles. The SMILES string of the molecule is N.N.N.N.N.NCC(=O)O.NCC(=O)O.NCC(=O)O.O=S(=O)(O)O. The molecule has 0 atom stereocenters. The molecule has 162 valence electrons. The number of carboxylic acid groups (broad SMARTS) is 3. The van der Waals surface area contributed by atoms with Gasteiger partial charge in [0.1, 0.15) is 0 Å². The minimum absolute atomic E-state index is 0. The van der Waals surface area contributed by atoms with E-state index in [4.69, 9.17) is 32.8 Å². The van der Waals surface area contributed by atoms with Gasteiger partial charge in [-0.05, 0) is 0 Å². The van der Waals surface area contributed by atoms with Crippen molar-refractivity contribution in [2.24, 2.45) is 17.2 Å². The zero-order valence-corrected chi connectivity index (χ0v) is 14.4. The van der Waals surface area contributed by atoms with Gasteiger partial charge in [0.25, 0.3) is 0 Å². The zero-order valence-electron chi connectivity index (χ0n) is 13.6. The molecule has 0 bridgehead atoms. The van der Waals surface area contributed by atoms with E-state index in [0.29, 0.717) is 0 Å². The second-order valence-corrected chi connectivity index (χ2v) is 3.14. The molecule has 0 spiro atoms. The molecule has 0 rings (SSSR count). The number of aliphatic carboxylic acids is 3. The van der Waals surface area contributed by atoms with Crippen molar-refractivity contribution in [2.45, 2.75) is 0 Å². The summed E-state index contributed by atoms with van der Waals surface area (Å²) < 4.78 is 31.6. The van der Waals surface area contributed by atoms with Crippen LogP contribution in [0.2, 0.25) is 0 Å². The highest BCUT2D eigenvalue weighted by Gasteiger charge is 1.84. The van der Waals surface area contributed by atoms with Crippen LogP contribution in [0.4, 0.5) is 0 Å². The van der Waals surface area contributed by atoms with E-state index in [2.05, 4.69) is 17.2 Å². The van der Waals surface area contributed by atoms with Crippen LogP contribution in [0.5, 0.6) is 0 Å². The Morgan fingerprint density at radius 1 is 0.600 bits per heavy atom. The first-order valence-electron chi connectivity index (χ1n) is 4.27. The monoisotopic (exact) mass is 408 g/mol. The van der Waals surface area contributed by atoms with Crippen molar-refractivity contribution in [1.82, 2.24) is 30.8 Å². The number of rotatable bonds is 3. The van der Waals surface area contributed by atoms with Crippen LogP contribution in [-0.4, -0.2) is 70.4 Å². The smallest absolute Gasteiger partial charge is 0.394 e. The Labute approximate surface area is 144 Å². The Morgan fingerprint density at radius 2 is 0.640 bits per heavy atom. The quantitative estimate of drug-likeness (QED) is 0.210. The number of hydrogen-bond acceptors (Lipinski definition) is 13. The molecule has 0 amide bonds. The lowest BCUT2D eigenvalue weighted by Gasteiger charge is -1.73. The molecule has 0 unspecified atom stereocenters. The standard InChI is InChI=1S/3C2H5NO2.5H3N.H2O4S/c3*3-1-2(4)5;;;;;;1-5(2,3)4/h3*1,3H2,(H,4,5);5*1H3;(H2,1,2,3,4). The summed E-state index contributed by atoms with van der Waals surface area (Å²) in [5, 5.41) is 22.8. The van der Waals surface area contributed by atoms with E-state index in [1.165, 1.54) is 0 Å². The molecular weight excluding hydrogens is 376 g/mol. The third kappa shape index (κ3) is 558. The summed E-state index contributed by atoms with van der Waals surface area (Å²) in [6.45, 7) is -0.833. The Balaban J connectivity index is -0.0000000183. The highest BCUT2D eigenvalue weighted by atomic mass is 32.3. The van der Waals surface area contributed by atoms with Gasteiger partial charge in [0.15, 0.2) is 0 Å². The fourth-order valence-electron chi connectivity index (χ4n) is 0. The van der Waals surface area contributed by atoms with Gasteiger partial charge in [-0.25, -0.2) is 0 Å². The molecule has 0 aromatic carbocycles. The summed E-state index contributed by atoms with van der Waals surface area (Å²) in [5.41, 5.74) is 13.7. The first kappa shape index (κ1) is 56.8. The van der Waals surface area contributed by atoms with Crippen LogP contribution in [0.15, 0.2) is 0 Å². The molecule has 18 nitrogen and oxygen atoms in total. The van der Waals surface area contributed by atoms with Crippen LogP contribution in [0.1, 0.15) is 0 Å². The topological polar surface area (TPSA) is 440 Å². The highest BCUT2D eigenvalue weighted by Crippen LogP contribution is 1.59. The maximum absolute atomic E-state index is 9.24. The van der Waals surface area contributed by atoms with Gasteiger partial charge in [-0.15, -0.1) is 0 Å². The van der Waals surface area contributed by atoms with Gasteiger partial charge in [0.05, 0.1) is 19.6 Å². The van der Waals surface area contributed by atoms with Crippen LogP contribution < -0.4 is 48.0 Å². The summed E-state index contributed by atoms with van der Waals surface area (Å²) in [4.78, 5) is 27.7. The summed E-state index contributed by atoms with van der Waals surface area (Å²) in [6, 6.07) is 0. The van der Waals surface area contributed by atoms with Gasteiger partial charge in [0.2, 0.25) is 0 Å². The van der Waals surface area contributed by atoms with Gasteiger partial charge in [-0.2, -0.15) is 8.42 Å². The van der Waals surface area contributed by atoms with Gasteiger partial charge in [0, 0.05) is 0 Å². The summed E-state index contributed by atoms with van der Waals surface area (Å²) in [7, 11) is -4.67. The van der Waals surface area contributed by atoms with Crippen LogP contribution in [-0.2, 0) is 24.8 Å². The highest BCUT2D eigenvalue weighted by molar-refractivity contribution is 7.79. The van der Waals surface area contributed by atoms with Crippen LogP contribution in [0, 0.1) is 0 Å². The van der Waals surface area contributed by atoms with E-state index in [1.54, 1.807) is 0 Å². The number of nitrogens with two attached hydrogens (primary N) is 3. The molecule has 0 saturated heterocycles. The maximum Gasteiger partial charge on any atom is 0.394 e. The van der Waals surface area contributed by atoms with Gasteiger partial charge in [-0.3, -0.25) is 23.5 Å². The number of hydrogen-bond donors (Lipinski definition) is 13. The van der Waals surface area contributed by atoms with Crippen LogP contribution in [0.3, 0.4) is 0 Å². The molecule has 0 saturated carbocycles. The van der Waals surface area contributed by atoms with Crippen molar-refractivity contribution in [2.75, 3.05) is 19.6 Å². The lowest BCUT2D eigenvalue weighted by atomic mass is 10.7. The summed E-state index contributed by atoms with van der Waals surface area (Å²) in [5.74, 6) is -2.90. The second kappa shape index (κ2) is 37.9. The molecular formula is C6H32N8O10S. The molecule has 0 fully saturated rings. The van der Waals surface area contributed by atoms with E-state index in [1.807, 2.05) is 0 Å². The van der Waals surface area contributed by atoms with Crippen molar-refractivity contribution >= 4 is 28.3 Å². The van der Waals surface area contributed by atoms with Crippen molar-refractivity contribution in [1.29, 1.82) is 0 Å². The Bertz CT molecular complexity index is 336. The molecule has 0 aliphatic rings. The molecule has 0 aliphatic carbocycles. The minimum Gasteiger partial charge on any atom is -0.480 e. The van der Waals surface area contributed by atoms with E-state index < -0.39 is 28.3 Å². The molecule has 19 heteroatoms. The minimum atomic E-state index is -4.67. The fraction of sp³-hybridized carbons (Fsp3) is 0.500. The Morgan fingerprint density at radius 3 is 0.640 bits per heavy atom. The molecule has 0 radical (unpaired) electrons. The van der Waals surface area contributed by atoms with Crippen molar-refractivity contribution in [3.63, 3.8) is 0 Å². The van der Waals surface area contributed by atoms with Gasteiger partial charge < -0.3 is 63.3 Å². The van der Waals surface area contributed by atoms with Crippen LogP contribution >= 0.6 is 0 Å². The average molecular weight is 408 g/mol. The predicted octanol–water partition coefficient (Wildman–Crippen LogP) is -2.75. The van der Waals surface area contributed by atoms with E-state index in [-0.39, 0.29) is 50.4 Å². The van der Waals surface area contributed by atoms with E-state index in [9.17, 15) is 14.4 Å². The molecule has 0 aliphatic heterocycles.